The molecule has 1 fully saturated rings. The molecule has 30 heavy (non-hydrogen) atoms. The molecule has 3 aromatic rings. The number of carbonyl (C=O) groups excluding carboxylic acids is 1. The van der Waals surface area contributed by atoms with Gasteiger partial charge in [-0.25, -0.2) is 18.3 Å². The zero-order valence-corrected chi connectivity index (χ0v) is 17.2. The Bertz CT molecular complexity index is 1060. The second kappa shape index (κ2) is 8.04. The fraction of sp³-hybridized carbons (Fsp3) is 0.476. The van der Waals surface area contributed by atoms with E-state index in [1.165, 1.54) is 16.9 Å². The molecule has 1 amide bonds. The molecule has 0 bridgehead atoms. The molecule has 0 aliphatic carbocycles. The van der Waals surface area contributed by atoms with Gasteiger partial charge in [0, 0.05) is 35.5 Å². The zero-order chi connectivity index (χ0) is 21.4. The summed E-state index contributed by atoms with van der Waals surface area (Å²) in [6, 6.07) is 5.09. The van der Waals surface area contributed by atoms with Crippen molar-refractivity contribution in [1.29, 1.82) is 0 Å². The molecule has 0 saturated carbocycles. The molecule has 158 valence electrons. The van der Waals surface area contributed by atoms with Crippen LogP contribution in [0.4, 0.5) is 8.78 Å². The number of alkyl halides is 2. The van der Waals surface area contributed by atoms with E-state index in [9.17, 15) is 13.6 Å². The van der Waals surface area contributed by atoms with Gasteiger partial charge in [0.05, 0.1) is 5.69 Å². The molecule has 0 radical (unpaired) electrons. The average molecular weight is 414 g/mol. The first-order valence-corrected chi connectivity index (χ1v) is 10.1. The largest absolute Gasteiger partial charge is 0.335 e. The predicted octanol–water partition coefficient (Wildman–Crippen LogP) is 3.87. The number of hydrogen-bond acceptors (Lipinski definition) is 5. The zero-order valence-electron chi connectivity index (χ0n) is 17.2. The topological polar surface area (TPSA) is 76.3 Å². The van der Waals surface area contributed by atoms with Crippen molar-refractivity contribution in [3.8, 4) is 0 Å². The Morgan fingerprint density at radius 1 is 1.17 bits per heavy atom. The van der Waals surface area contributed by atoms with Crippen molar-refractivity contribution in [3.63, 3.8) is 0 Å². The molecule has 9 heteroatoms. The lowest BCUT2D eigenvalue weighted by atomic mass is 9.88. The van der Waals surface area contributed by atoms with Crippen molar-refractivity contribution in [1.82, 2.24) is 29.5 Å². The molecule has 0 N–H and O–H groups in total. The minimum atomic E-state index is -2.70. The Balaban J connectivity index is 1.70. The number of pyridine rings is 1. The van der Waals surface area contributed by atoms with Crippen LogP contribution in [0.1, 0.15) is 71.7 Å². The smallest absolute Gasteiger partial charge is 0.280 e. The fourth-order valence-corrected chi connectivity index (χ4v) is 4.32. The minimum Gasteiger partial charge on any atom is -0.335 e. The summed E-state index contributed by atoms with van der Waals surface area (Å²) in [5.41, 5.74) is 2.48. The SMILES string of the molecule is CC[C@H]1CC[C@@H](c2cc(C(F)F)nc3ncnn23)CN1C(=O)c1cc(C)nc(C)c1. The van der Waals surface area contributed by atoms with Gasteiger partial charge < -0.3 is 4.90 Å². The Kier molecular flexibility index (Phi) is 5.44. The van der Waals surface area contributed by atoms with Gasteiger partial charge in [0.25, 0.3) is 18.1 Å². The Hall–Kier alpha value is -2.97. The van der Waals surface area contributed by atoms with Crippen LogP contribution < -0.4 is 0 Å². The highest BCUT2D eigenvalue weighted by molar-refractivity contribution is 5.94. The van der Waals surface area contributed by atoms with E-state index in [4.69, 9.17) is 0 Å². The van der Waals surface area contributed by atoms with E-state index in [1.807, 2.05) is 18.7 Å². The standard InChI is InChI=1S/C21H24F2N6O/c1-4-16-6-5-14(10-28(16)20(30)15-7-12(2)26-13(3)8-15)18-9-17(19(22)23)27-21-24-11-25-29(18)21/h7-9,11,14,16,19H,4-6,10H2,1-3H3/t14-,16+/m1/s1. The summed E-state index contributed by atoms with van der Waals surface area (Å²) >= 11 is 0. The summed E-state index contributed by atoms with van der Waals surface area (Å²) < 4.78 is 28.3. The predicted molar refractivity (Wildman–Crippen MR) is 107 cm³/mol. The number of hydrogen-bond donors (Lipinski definition) is 0. The van der Waals surface area contributed by atoms with Crippen molar-refractivity contribution in [2.75, 3.05) is 6.54 Å². The molecule has 0 aromatic carbocycles. The van der Waals surface area contributed by atoms with Crippen LogP contribution in [0, 0.1) is 13.8 Å². The summed E-state index contributed by atoms with van der Waals surface area (Å²) in [4.78, 5) is 27.5. The maximum absolute atomic E-state index is 13.4. The van der Waals surface area contributed by atoms with Crippen molar-refractivity contribution in [2.45, 2.75) is 58.4 Å². The Morgan fingerprint density at radius 3 is 2.57 bits per heavy atom. The molecule has 4 heterocycles. The van der Waals surface area contributed by atoms with Gasteiger partial charge in [-0.2, -0.15) is 10.1 Å². The number of halogens is 2. The third-order valence-electron chi connectivity index (χ3n) is 5.71. The molecule has 1 aliphatic heterocycles. The van der Waals surface area contributed by atoms with E-state index in [2.05, 4.69) is 27.0 Å². The van der Waals surface area contributed by atoms with Crippen molar-refractivity contribution in [3.05, 3.63) is 52.9 Å². The van der Waals surface area contributed by atoms with Gasteiger partial charge in [-0.3, -0.25) is 9.78 Å². The first kappa shape index (κ1) is 20.3. The van der Waals surface area contributed by atoms with E-state index < -0.39 is 6.43 Å². The first-order valence-electron chi connectivity index (χ1n) is 10.1. The van der Waals surface area contributed by atoms with Crippen LogP contribution in [-0.2, 0) is 0 Å². The first-order chi connectivity index (χ1) is 14.4. The second-order valence-electron chi connectivity index (χ2n) is 7.81. The molecule has 2 atom stereocenters. The molecule has 1 saturated heterocycles. The highest BCUT2D eigenvalue weighted by atomic mass is 19.3. The number of rotatable bonds is 4. The molecule has 0 unspecified atom stereocenters. The molecular weight excluding hydrogens is 390 g/mol. The van der Waals surface area contributed by atoms with Crippen molar-refractivity contribution >= 4 is 11.7 Å². The molecule has 4 rings (SSSR count). The van der Waals surface area contributed by atoms with Gasteiger partial charge in [0.1, 0.15) is 12.0 Å². The molecular formula is C21H24F2N6O. The maximum atomic E-state index is 13.4. The number of aromatic nitrogens is 5. The van der Waals surface area contributed by atoms with E-state index in [1.54, 1.807) is 12.1 Å². The number of amides is 1. The number of nitrogens with zero attached hydrogens (tertiary/aromatic N) is 6. The van der Waals surface area contributed by atoms with E-state index in [-0.39, 0.29) is 29.3 Å². The van der Waals surface area contributed by atoms with Gasteiger partial charge >= 0.3 is 0 Å². The van der Waals surface area contributed by atoms with Crippen LogP contribution in [-0.4, -0.2) is 48.0 Å². The molecule has 1 aliphatic rings. The van der Waals surface area contributed by atoms with Crippen LogP contribution in [0.3, 0.4) is 0 Å². The Labute approximate surface area is 173 Å². The monoisotopic (exact) mass is 414 g/mol. The van der Waals surface area contributed by atoms with Crippen LogP contribution in [0.15, 0.2) is 24.5 Å². The summed E-state index contributed by atoms with van der Waals surface area (Å²) in [5, 5.41) is 4.17. The third kappa shape index (κ3) is 3.76. The number of aryl methyl sites for hydroxylation is 2. The second-order valence-corrected chi connectivity index (χ2v) is 7.81. The van der Waals surface area contributed by atoms with E-state index >= 15 is 0 Å². The van der Waals surface area contributed by atoms with Gasteiger partial charge in [0.15, 0.2) is 0 Å². The number of likely N-dealkylation sites (tertiary alicyclic amines) is 1. The summed E-state index contributed by atoms with van der Waals surface area (Å²) in [5.74, 6) is -0.0396. The molecule has 0 spiro atoms. The lowest BCUT2D eigenvalue weighted by Gasteiger charge is -2.39. The fourth-order valence-electron chi connectivity index (χ4n) is 4.32. The highest BCUT2D eigenvalue weighted by Gasteiger charge is 2.34. The quantitative estimate of drug-likeness (QED) is 0.648. The van der Waals surface area contributed by atoms with Gasteiger partial charge in [-0.1, -0.05) is 6.92 Å². The van der Waals surface area contributed by atoms with Crippen LogP contribution in [0.2, 0.25) is 0 Å². The van der Waals surface area contributed by atoms with Gasteiger partial charge in [-0.05, 0) is 51.3 Å². The highest BCUT2D eigenvalue weighted by Crippen LogP contribution is 2.33. The maximum Gasteiger partial charge on any atom is 0.280 e. The molecule has 3 aromatic heterocycles. The number of fused-ring (bicyclic) bond motifs is 1. The van der Waals surface area contributed by atoms with Gasteiger partial charge in [-0.15, -0.1) is 0 Å². The normalized spacial score (nSPS) is 19.6. The lowest BCUT2D eigenvalue weighted by molar-refractivity contribution is 0.0575. The third-order valence-corrected chi connectivity index (χ3v) is 5.71. The van der Waals surface area contributed by atoms with E-state index in [0.29, 0.717) is 17.8 Å². The minimum absolute atomic E-state index is 0.0573. The lowest BCUT2D eigenvalue weighted by Crippen LogP contribution is -2.46. The van der Waals surface area contributed by atoms with Crippen LogP contribution in [0.25, 0.3) is 5.78 Å². The summed E-state index contributed by atoms with van der Waals surface area (Å²) in [6.45, 7) is 6.22. The molecule has 7 nitrogen and oxygen atoms in total. The van der Waals surface area contributed by atoms with Crippen molar-refractivity contribution < 1.29 is 13.6 Å². The average Bonchev–Trinajstić information content (AvgIpc) is 3.20. The van der Waals surface area contributed by atoms with Crippen molar-refractivity contribution in [2.24, 2.45) is 0 Å². The summed E-state index contributed by atoms with van der Waals surface area (Å²) in [6.07, 6.45) is 1.01. The van der Waals surface area contributed by atoms with Crippen LogP contribution >= 0.6 is 0 Å². The Morgan fingerprint density at radius 2 is 1.90 bits per heavy atom. The van der Waals surface area contributed by atoms with Gasteiger partial charge in [0.2, 0.25) is 0 Å². The van der Waals surface area contributed by atoms with Crippen LogP contribution in [0.5, 0.6) is 0 Å². The number of piperidine rings is 1. The number of carbonyl (C=O) groups is 1. The van der Waals surface area contributed by atoms with E-state index in [0.717, 1.165) is 30.7 Å². The summed E-state index contributed by atoms with van der Waals surface area (Å²) in [7, 11) is 0.